The Labute approximate surface area is 129 Å². The lowest BCUT2D eigenvalue weighted by Crippen LogP contribution is -2.23. The van der Waals surface area contributed by atoms with Crippen LogP contribution in [-0.4, -0.2) is 36.2 Å². The van der Waals surface area contributed by atoms with Crippen molar-refractivity contribution in [1.29, 1.82) is 0 Å². The van der Waals surface area contributed by atoms with Crippen LogP contribution < -0.4 is 5.32 Å². The Balaban J connectivity index is 2.75. The third kappa shape index (κ3) is 5.79. The summed E-state index contributed by atoms with van der Waals surface area (Å²) in [6.07, 6.45) is 5.53. The minimum atomic E-state index is -2.88. The van der Waals surface area contributed by atoms with Crippen LogP contribution in [0, 0.1) is 0 Å². The average Bonchev–Trinajstić information content (AvgIpc) is 2.83. The van der Waals surface area contributed by atoms with Gasteiger partial charge < -0.3 is 5.32 Å². The highest BCUT2D eigenvalue weighted by Gasteiger charge is 2.18. The summed E-state index contributed by atoms with van der Waals surface area (Å²) in [5.41, 5.74) is 2.31. The van der Waals surface area contributed by atoms with Crippen LogP contribution in [0.25, 0.3) is 0 Å². The van der Waals surface area contributed by atoms with Crippen LogP contribution in [0.15, 0.2) is 6.20 Å². The lowest BCUT2D eigenvalue weighted by Gasteiger charge is -2.18. The third-order valence-corrected chi connectivity index (χ3v) is 5.47. The van der Waals surface area contributed by atoms with Crippen molar-refractivity contribution in [2.24, 2.45) is 7.05 Å². The van der Waals surface area contributed by atoms with Gasteiger partial charge in [-0.2, -0.15) is 5.10 Å². The summed E-state index contributed by atoms with van der Waals surface area (Å²) in [5.74, 6) is 0.503. The highest BCUT2D eigenvalue weighted by atomic mass is 32.2. The van der Waals surface area contributed by atoms with E-state index in [4.69, 9.17) is 0 Å². The number of nitrogens with zero attached hydrogens (tertiary/aromatic N) is 2. The Morgan fingerprint density at radius 3 is 2.62 bits per heavy atom. The first-order valence-corrected chi connectivity index (χ1v) is 9.71. The monoisotopic (exact) mass is 315 g/mol. The van der Waals surface area contributed by atoms with Crippen molar-refractivity contribution < 1.29 is 8.42 Å². The van der Waals surface area contributed by atoms with Gasteiger partial charge in [0, 0.05) is 30.6 Å². The average molecular weight is 315 g/mol. The third-order valence-electron chi connectivity index (χ3n) is 3.68. The Morgan fingerprint density at radius 1 is 1.33 bits per heavy atom. The molecule has 0 aliphatic rings. The van der Waals surface area contributed by atoms with Gasteiger partial charge in [-0.3, -0.25) is 4.68 Å². The molecule has 0 spiro atoms. The van der Waals surface area contributed by atoms with Crippen molar-refractivity contribution in [2.75, 3.05) is 18.1 Å². The zero-order valence-corrected chi connectivity index (χ0v) is 14.5. The molecule has 5 nitrogen and oxygen atoms in total. The molecule has 1 heterocycles. The number of rotatable bonds is 10. The Morgan fingerprint density at radius 2 is 2.05 bits per heavy atom. The van der Waals surface area contributed by atoms with E-state index in [0.717, 1.165) is 31.5 Å². The van der Waals surface area contributed by atoms with E-state index >= 15 is 0 Å². The molecule has 0 radical (unpaired) electrons. The van der Waals surface area contributed by atoms with Crippen LogP contribution in [0.3, 0.4) is 0 Å². The largest absolute Gasteiger partial charge is 0.310 e. The first-order chi connectivity index (χ1) is 9.93. The SMILES string of the molecule is CCCNC(CCCS(=O)(=O)CC)c1cn(C)nc1CC. The molecule has 1 rings (SSSR count). The molecule has 0 saturated carbocycles. The normalized spacial score (nSPS) is 13.5. The van der Waals surface area contributed by atoms with E-state index in [0.29, 0.717) is 6.42 Å². The quantitative estimate of drug-likeness (QED) is 0.719. The van der Waals surface area contributed by atoms with E-state index < -0.39 is 9.84 Å². The minimum Gasteiger partial charge on any atom is -0.310 e. The molecular formula is C15H29N3O2S. The van der Waals surface area contributed by atoms with Crippen LogP contribution in [0.2, 0.25) is 0 Å². The molecular weight excluding hydrogens is 286 g/mol. The highest BCUT2D eigenvalue weighted by molar-refractivity contribution is 7.91. The summed E-state index contributed by atoms with van der Waals surface area (Å²) in [6, 6.07) is 0.195. The number of aromatic nitrogens is 2. The van der Waals surface area contributed by atoms with Crippen LogP contribution in [0.1, 0.15) is 57.3 Å². The van der Waals surface area contributed by atoms with E-state index in [2.05, 4.69) is 30.5 Å². The van der Waals surface area contributed by atoms with Crippen LogP contribution in [0.5, 0.6) is 0 Å². The smallest absolute Gasteiger partial charge is 0.150 e. The molecule has 0 aliphatic carbocycles. The van der Waals surface area contributed by atoms with Gasteiger partial charge in [0.15, 0.2) is 0 Å². The van der Waals surface area contributed by atoms with Gasteiger partial charge in [-0.1, -0.05) is 20.8 Å². The maximum Gasteiger partial charge on any atom is 0.150 e. The molecule has 0 saturated heterocycles. The van der Waals surface area contributed by atoms with Gasteiger partial charge in [0.1, 0.15) is 9.84 Å². The predicted molar refractivity (Wildman–Crippen MR) is 87.2 cm³/mol. The van der Waals surface area contributed by atoms with Crippen molar-refractivity contribution in [3.63, 3.8) is 0 Å². The van der Waals surface area contributed by atoms with Gasteiger partial charge in [0.2, 0.25) is 0 Å². The van der Waals surface area contributed by atoms with Gasteiger partial charge in [0.25, 0.3) is 0 Å². The molecule has 0 bridgehead atoms. The summed E-state index contributed by atoms with van der Waals surface area (Å²) >= 11 is 0. The molecule has 1 unspecified atom stereocenters. The molecule has 1 aromatic rings. The first-order valence-electron chi connectivity index (χ1n) is 7.89. The van der Waals surface area contributed by atoms with Gasteiger partial charge in [-0.25, -0.2) is 8.42 Å². The van der Waals surface area contributed by atoms with Crippen LogP contribution in [-0.2, 0) is 23.3 Å². The molecule has 122 valence electrons. The van der Waals surface area contributed by atoms with E-state index in [-0.39, 0.29) is 17.5 Å². The molecule has 0 aromatic carbocycles. The van der Waals surface area contributed by atoms with Crippen molar-refractivity contribution in [1.82, 2.24) is 15.1 Å². The van der Waals surface area contributed by atoms with Crippen molar-refractivity contribution in [2.45, 2.75) is 52.5 Å². The Kier molecular flexibility index (Phi) is 7.39. The maximum absolute atomic E-state index is 11.6. The number of hydrogen-bond acceptors (Lipinski definition) is 4. The highest BCUT2D eigenvalue weighted by Crippen LogP contribution is 2.22. The number of hydrogen-bond donors (Lipinski definition) is 1. The molecule has 0 aliphatic heterocycles. The lowest BCUT2D eigenvalue weighted by atomic mass is 10.0. The Hall–Kier alpha value is -0.880. The summed E-state index contributed by atoms with van der Waals surface area (Å²) in [4.78, 5) is 0. The fourth-order valence-electron chi connectivity index (χ4n) is 2.46. The first kappa shape index (κ1) is 18.2. The second-order valence-corrected chi connectivity index (χ2v) is 7.92. The summed E-state index contributed by atoms with van der Waals surface area (Å²) < 4.78 is 25.1. The van der Waals surface area contributed by atoms with E-state index in [1.54, 1.807) is 6.92 Å². The van der Waals surface area contributed by atoms with E-state index in [1.165, 1.54) is 5.56 Å². The molecule has 1 aromatic heterocycles. The van der Waals surface area contributed by atoms with Crippen molar-refractivity contribution in [3.8, 4) is 0 Å². The molecule has 0 fully saturated rings. The molecule has 21 heavy (non-hydrogen) atoms. The fraction of sp³-hybridized carbons (Fsp3) is 0.800. The summed E-state index contributed by atoms with van der Waals surface area (Å²) in [6.45, 7) is 6.88. The maximum atomic E-state index is 11.6. The van der Waals surface area contributed by atoms with Crippen LogP contribution >= 0.6 is 0 Å². The molecule has 0 amide bonds. The number of sulfone groups is 1. The zero-order valence-electron chi connectivity index (χ0n) is 13.7. The topological polar surface area (TPSA) is 64.0 Å². The van der Waals surface area contributed by atoms with Gasteiger partial charge in [0.05, 0.1) is 11.4 Å². The molecule has 1 N–H and O–H groups in total. The lowest BCUT2D eigenvalue weighted by molar-refractivity contribution is 0.489. The van der Waals surface area contributed by atoms with Gasteiger partial charge >= 0.3 is 0 Å². The minimum absolute atomic E-state index is 0.195. The van der Waals surface area contributed by atoms with Crippen molar-refractivity contribution >= 4 is 9.84 Å². The second-order valence-electron chi connectivity index (χ2n) is 5.44. The summed E-state index contributed by atoms with van der Waals surface area (Å²) in [5, 5.41) is 8.02. The number of nitrogens with one attached hydrogen (secondary N) is 1. The van der Waals surface area contributed by atoms with Crippen molar-refractivity contribution in [3.05, 3.63) is 17.5 Å². The fourth-order valence-corrected chi connectivity index (χ4v) is 3.35. The predicted octanol–water partition coefficient (Wildman–Crippen LogP) is 2.24. The zero-order chi connectivity index (χ0) is 15.9. The van der Waals surface area contributed by atoms with Gasteiger partial charge in [-0.05, 0) is 32.2 Å². The second kappa shape index (κ2) is 8.54. The van der Waals surface area contributed by atoms with Gasteiger partial charge in [-0.15, -0.1) is 0 Å². The van der Waals surface area contributed by atoms with E-state index in [1.807, 2.05) is 11.7 Å². The number of aryl methyl sites for hydroxylation is 2. The summed E-state index contributed by atoms with van der Waals surface area (Å²) in [7, 11) is -0.945. The van der Waals surface area contributed by atoms with Crippen LogP contribution in [0.4, 0.5) is 0 Å². The molecule has 1 atom stereocenters. The Bertz CT molecular complexity index is 523. The molecule has 6 heteroatoms. The van der Waals surface area contributed by atoms with E-state index in [9.17, 15) is 8.42 Å². The standard InChI is InChI=1S/C15H29N3O2S/c1-5-10-16-15(9-8-11-21(19,20)7-3)13-12-18(4)17-14(13)6-2/h12,15-16H,5-11H2,1-4H3.